The zero-order valence-corrected chi connectivity index (χ0v) is 12.3. The van der Waals surface area contributed by atoms with E-state index in [1.165, 1.54) is 12.8 Å². The summed E-state index contributed by atoms with van der Waals surface area (Å²) in [6.07, 6.45) is 6.85. The molecule has 2 rings (SSSR count). The summed E-state index contributed by atoms with van der Waals surface area (Å²) >= 11 is 6.13. The standard InChI is InChI=1S/C14H19NOS2/c1-18-13-4-2-3-11(9-13)15-14(16)10-5-7-12(17)8-6-10/h5-8,11,13,17H,2-4,9H2,1H3,(H,15,16). The lowest BCUT2D eigenvalue weighted by Crippen LogP contribution is -2.39. The molecule has 1 amide bonds. The van der Waals surface area contributed by atoms with Crippen molar-refractivity contribution in [2.45, 2.75) is 41.9 Å². The Kier molecular flexibility index (Phi) is 5.01. The third-order valence-electron chi connectivity index (χ3n) is 3.42. The van der Waals surface area contributed by atoms with Crippen LogP contribution in [0.1, 0.15) is 36.0 Å². The molecule has 1 fully saturated rings. The maximum Gasteiger partial charge on any atom is 0.251 e. The van der Waals surface area contributed by atoms with Crippen LogP contribution in [0.25, 0.3) is 0 Å². The van der Waals surface area contributed by atoms with Gasteiger partial charge >= 0.3 is 0 Å². The van der Waals surface area contributed by atoms with Crippen LogP contribution in [0.5, 0.6) is 0 Å². The second-order valence-electron chi connectivity index (χ2n) is 4.74. The van der Waals surface area contributed by atoms with Crippen LogP contribution < -0.4 is 5.32 Å². The van der Waals surface area contributed by atoms with Crippen molar-refractivity contribution in [3.8, 4) is 0 Å². The van der Waals surface area contributed by atoms with Gasteiger partial charge in [0.2, 0.25) is 0 Å². The Morgan fingerprint density at radius 1 is 1.33 bits per heavy atom. The van der Waals surface area contributed by atoms with E-state index in [1.54, 1.807) is 0 Å². The molecule has 0 saturated heterocycles. The summed E-state index contributed by atoms with van der Waals surface area (Å²) in [6.45, 7) is 0. The number of rotatable bonds is 3. The highest BCUT2D eigenvalue weighted by Crippen LogP contribution is 2.27. The fraction of sp³-hybridized carbons (Fsp3) is 0.500. The predicted octanol–water partition coefficient (Wildman–Crippen LogP) is 3.38. The minimum atomic E-state index is 0.0371. The molecule has 4 heteroatoms. The van der Waals surface area contributed by atoms with Crippen molar-refractivity contribution in [2.75, 3.05) is 6.26 Å². The van der Waals surface area contributed by atoms with Gasteiger partial charge in [-0.25, -0.2) is 0 Å². The fourth-order valence-corrected chi connectivity index (χ4v) is 3.35. The summed E-state index contributed by atoms with van der Waals surface area (Å²) in [5.74, 6) is 0.0371. The maximum absolute atomic E-state index is 12.1. The van der Waals surface area contributed by atoms with E-state index in [1.807, 2.05) is 36.0 Å². The van der Waals surface area contributed by atoms with Crippen LogP contribution in [0.2, 0.25) is 0 Å². The molecule has 0 bridgehead atoms. The molecular weight excluding hydrogens is 262 g/mol. The zero-order chi connectivity index (χ0) is 13.0. The number of hydrogen-bond acceptors (Lipinski definition) is 3. The molecule has 1 aromatic rings. The van der Waals surface area contributed by atoms with E-state index in [0.717, 1.165) is 23.3 Å². The summed E-state index contributed by atoms with van der Waals surface area (Å²) in [6, 6.07) is 7.69. The van der Waals surface area contributed by atoms with Gasteiger partial charge in [0.1, 0.15) is 0 Å². The molecule has 0 heterocycles. The van der Waals surface area contributed by atoms with Gasteiger partial charge in [0.25, 0.3) is 5.91 Å². The van der Waals surface area contributed by atoms with Gasteiger partial charge < -0.3 is 5.32 Å². The van der Waals surface area contributed by atoms with Crippen molar-refractivity contribution in [1.29, 1.82) is 0 Å². The summed E-state index contributed by atoms with van der Waals surface area (Å²) in [4.78, 5) is 13.0. The quantitative estimate of drug-likeness (QED) is 0.832. The number of carbonyl (C=O) groups is 1. The molecule has 2 unspecified atom stereocenters. The van der Waals surface area contributed by atoms with E-state index in [9.17, 15) is 4.79 Å². The molecule has 1 aliphatic carbocycles. The summed E-state index contributed by atoms with van der Waals surface area (Å²) in [7, 11) is 0. The first kappa shape index (κ1) is 13.8. The Hall–Kier alpha value is -0.610. The maximum atomic E-state index is 12.1. The van der Waals surface area contributed by atoms with Crippen LogP contribution in [0, 0.1) is 0 Å². The van der Waals surface area contributed by atoms with Gasteiger partial charge in [-0.3, -0.25) is 4.79 Å². The van der Waals surface area contributed by atoms with Gasteiger partial charge in [-0.15, -0.1) is 12.6 Å². The average molecular weight is 281 g/mol. The van der Waals surface area contributed by atoms with Gasteiger partial charge in [0.15, 0.2) is 0 Å². The molecule has 18 heavy (non-hydrogen) atoms. The third kappa shape index (κ3) is 3.69. The molecule has 2 nitrogen and oxygen atoms in total. The number of thiol groups is 1. The van der Waals surface area contributed by atoms with Crippen molar-refractivity contribution < 1.29 is 4.79 Å². The van der Waals surface area contributed by atoms with E-state index >= 15 is 0 Å². The predicted molar refractivity (Wildman–Crippen MR) is 80.7 cm³/mol. The lowest BCUT2D eigenvalue weighted by Gasteiger charge is -2.28. The molecule has 0 radical (unpaired) electrons. The first-order valence-electron chi connectivity index (χ1n) is 6.31. The van der Waals surface area contributed by atoms with Crippen LogP contribution in [-0.2, 0) is 0 Å². The van der Waals surface area contributed by atoms with Crippen LogP contribution >= 0.6 is 24.4 Å². The molecular formula is C14H19NOS2. The highest BCUT2D eigenvalue weighted by Gasteiger charge is 2.22. The Morgan fingerprint density at radius 2 is 2.06 bits per heavy atom. The minimum Gasteiger partial charge on any atom is -0.349 e. The van der Waals surface area contributed by atoms with Crippen LogP contribution in [-0.4, -0.2) is 23.5 Å². The number of amides is 1. The Bertz CT molecular complexity index is 405. The second kappa shape index (κ2) is 6.53. The van der Waals surface area contributed by atoms with E-state index in [2.05, 4.69) is 24.2 Å². The van der Waals surface area contributed by atoms with Gasteiger partial charge in [-0.1, -0.05) is 6.42 Å². The highest BCUT2D eigenvalue weighted by atomic mass is 32.2. The average Bonchev–Trinajstić information content (AvgIpc) is 2.39. The SMILES string of the molecule is CSC1CCCC(NC(=O)c2ccc(S)cc2)C1. The molecule has 2 atom stereocenters. The number of carbonyl (C=O) groups excluding carboxylic acids is 1. The molecule has 0 spiro atoms. The van der Waals surface area contributed by atoms with Crippen LogP contribution in [0.4, 0.5) is 0 Å². The van der Waals surface area contributed by atoms with Crippen molar-refractivity contribution in [1.82, 2.24) is 5.32 Å². The zero-order valence-electron chi connectivity index (χ0n) is 10.6. The summed E-state index contributed by atoms with van der Waals surface area (Å²) in [5, 5.41) is 3.84. The smallest absolute Gasteiger partial charge is 0.251 e. The van der Waals surface area contributed by atoms with Crippen LogP contribution in [0.3, 0.4) is 0 Å². The third-order valence-corrected chi connectivity index (χ3v) is 4.82. The Morgan fingerprint density at radius 3 is 2.72 bits per heavy atom. The number of nitrogens with one attached hydrogen (secondary N) is 1. The number of benzene rings is 1. The normalized spacial score (nSPS) is 23.7. The topological polar surface area (TPSA) is 29.1 Å². The molecule has 0 aliphatic heterocycles. The Labute approximate surface area is 118 Å². The first-order valence-corrected chi connectivity index (χ1v) is 8.05. The van der Waals surface area contributed by atoms with Crippen LogP contribution in [0.15, 0.2) is 29.2 Å². The molecule has 1 saturated carbocycles. The monoisotopic (exact) mass is 281 g/mol. The Balaban J connectivity index is 1.92. The highest BCUT2D eigenvalue weighted by molar-refractivity contribution is 7.99. The van der Waals surface area contributed by atoms with Crippen molar-refractivity contribution in [3.63, 3.8) is 0 Å². The molecule has 1 aromatic carbocycles. The van der Waals surface area contributed by atoms with Crippen molar-refractivity contribution in [2.24, 2.45) is 0 Å². The van der Waals surface area contributed by atoms with Crippen molar-refractivity contribution >= 4 is 30.3 Å². The minimum absolute atomic E-state index is 0.0371. The summed E-state index contributed by atoms with van der Waals surface area (Å²) < 4.78 is 0. The lowest BCUT2D eigenvalue weighted by atomic mass is 9.94. The summed E-state index contributed by atoms with van der Waals surface area (Å²) in [5.41, 5.74) is 0.721. The fourth-order valence-electron chi connectivity index (χ4n) is 2.37. The van der Waals surface area contributed by atoms with Gasteiger partial charge in [-0.05, 0) is 49.8 Å². The van der Waals surface area contributed by atoms with Gasteiger partial charge in [0.05, 0.1) is 0 Å². The first-order chi connectivity index (χ1) is 8.69. The van der Waals surface area contributed by atoms with E-state index in [4.69, 9.17) is 0 Å². The number of thioether (sulfide) groups is 1. The second-order valence-corrected chi connectivity index (χ2v) is 6.40. The van der Waals surface area contributed by atoms with Gasteiger partial charge in [-0.2, -0.15) is 11.8 Å². The molecule has 98 valence electrons. The van der Waals surface area contributed by atoms with E-state index < -0.39 is 0 Å². The van der Waals surface area contributed by atoms with E-state index in [-0.39, 0.29) is 5.91 Å². The molecule has 1 N–H and O–H groups in total. The largest absolute Gasteiger partial charge is 0.349 e. The van der Waals surface area contributed by atoms with Gasteiger partial charge in [0, 0.05) is 21.8 Å². The van der Waals surface area contributed by atoms with E-state index in [0.29, 0.717) is 11.3 Å². The number of hydrogen-bond donors (Lipinski definition) is 2. The van der Waals surface area contributed by atoms with Crippen molar-refractivity contribution in [3.05, 3.63) is 29.8 Å². The molecule has 0 aromatic heterocycles. The lowest BCUT2D eigenvalue weighted by molar-refractivity contribution is 0.0928. The molecule has 1 aliphatic rings.